The largest absolute Gasteiger partial charge is 0.396 e. The molecule has 5 rings (SSSR count). The van der Waals surface area contributed by atoms with Crippen molar-refractivity contribution in [1.82, 2.24) is 29.7 Å². The molecule has 3 aliphatic heterocycles. The van der Waals surface area contributed by atoms with Crippen LogP contribution >= 0.6 is 0 Å². The fraction of sp³-hybridized carbons (Fsp3) is 0.606. The second kappa shape index (κ2) is 12.8. The van der Waals surface area contributed by atoms with Crippen LogP contribution in [-0.4, -0.2) is 103 Å². The molecule has 44 heavy (non-hydrogen) atoms. The Morgan fingerprint density at radius 3 is 2.57 bits per heavy atom. The molecule has 11 nitrogen and oxygen atoms in total. The summed E-state index contributed by atoms with van der Waals surface area (Å²) in [6, 6.07) is 6.64. The van der Waals surface area contributed by atoms with Gasteiger partial charge in [0.2, 0.25) is 17.7 Å². The second-order valence-corrected chi connectivity index (χ2v) is 12.7. The van der Waals surface area contributed by atoms with Crippen molar-refractivity contribution in [2.24, 2.45) is 17.8 Å². The van der Waals surface area contributed by atoms with E-state index in [2.05, 4.69) is 30.4 Å². The molecule has 6 atom stereocenters. The number of amides is 3. The predicted octanol–water partition coefficient (Wildman–Crippen LogP) is 3.00. The van der Waals surface area contributed by atoms with Gasteiger partial charge in [-0.05, 0) is 57.1 Å². The zero-order chi connectivity index (χ0) is 31.6. The van der Waals surface area contributed by atoms with Crippen molar-refractivity contribution in [2.45, 2.75) is 76.8 Å². The number of hydrogen-bond acceptors (Lipinski definition) is 7. The maximum absolute atomic E-state index is 14.8. The van der Waals surface area contributed by atoms with Gasteiger partial charge < -0.3 is 24.5 Å². The first-order valence-corrected chi connectivity index (χ1v) is 15.9. The third-order valence-corrected chi connectivity index (χ3v) is 9.91. The van der Waals surface area contributed by atoms with Gasteiger partial charge >= 0.3 is 0 Å². The average molecular weight is 607 g/mol. The van der Waals surface area contributed by atoms with E-state index in [0.29, 0.717) is 45.3 Å². The summed E-state index contributed by atoms with van der Waals surface area (Å²) in [6.45, 7) is 15.4. The number of carbonyl (C=O) groups excluding carboxylic acids is 3. The Bertz CT molecular complexity index is 1410. The monoisotopic (exact) mass is 606 g/mol. The van der Waals surface area contributed by atoms with Gasteiger partial charge in [-0.25, -0.2) is 4.68 Å². The van der Waals surface area contributed by atoms with Crippen molar-refractivity contribution in [3.05, 3.63) is 49.6 Å². The number of benzene rings is 1. The summed E-state index contributed by atoms with van der Waals surface area (Å²) in [5.74, 6) is -2.12. The van der Waals surface area contributed by atoms with Gasteiger partial charge in [0, 0.05) is 32.8 Å². The van der Waals surface area contributed by atoms with Crippen LogP contribution in [0.1, 0.15) is 52.9 Å². The van der Waals surface area contributed by atoms with Gasteiger partial charge in [-0.1, -0.05) is 43.3 Å². The summed E-state index contributed by atoms with van der Waals surface area (Å²) >= 11 is 0. The zero-order valence-electron chi connectivity index (χ0n) is 26.2. The third-order valence-electron chi connectivity index (χ3n) is 9.91. The van der Waals surface area contributed by atoms with Crippen LogP contribution in [0.4, 0.5) is 0 Å². The van der Waals surface area contributed by atoms with E-state index < -0.39 is 29.1 Å². The molecule has 0 aliphatic carbocycles. The van der Waals surface area contributed by atoms with Gasteiger partial charge in [-0.2, -0.15) is 0 Å². The summed E-state index contributed by atoms with van der Waals surface area (Å²) in [7, 11) is 0. The van der Waals surface area contributed by atoms with Crippen LogP contribution in [0.5, 0.6) is 0 Å². The Morgan fingerprint density at radius 1 is 1.14 bits per heavy atom. The van der Waals surface area contributed by atoms with Gasteiger partial charge in [0.25, 0.3) is 0 Å². The number of fused-ring (bicyclic) bond motifs is 2. The molecular weight excluding hydrogens is 560 g/mol. The minimum absolute atomic E-state index is 0.0514. The number of likely N-dealkylation sites (tertiary alicyclic amines) is 1. The van der Waals surface area contributed by atoms with E-state index in [1.807, 2.05) is 38.1 Å². The summed E-state index contributed by atoms with van der Waals surface area (Å²) < 4.78 is 8.61. The highest BCUT2D eigenvalue weighted by Gasteiger charge is 2.80. The zero-order valence-corrected chi connectivity index (χ0v) is 26.2. The molecule has 2 aromatic rings. The number of aromatic nitrogens is 3. The Labute approximate surface area is 259 Å². The van der Waals surface area contributed by atoms with Crippen LogP contribution < -0.4 is 0 Å². The minimum atomic E-state index is -1.14. The average Bonchev–Trinajstić information content (AvgIpc) is 3.68. The topological polar surface area (TPSA) is 121 Å². The lowest BCUT2D eigenvalue weighted by molar-refractivity contribution is -0.155. The molecule has 11 heteroatoms. The highest BCUT2D eigenvalue weighted by Crippen LogP contribution is 2.65. The normalized spacial score (nSPS) is 28.8. The Kier molecular flexibility index (Phi) is 9.27. The van der Waals surface area contributed by atoms with Crippen LogP contribution in [0.2, 0.25) is 0 Å². The molecule has 3 saturated heterocycles. The van der Waals surface area contributed by atoms with E-state index in [-0.39, 0.29) is 43.5 Å². The molecule has 1 spiro atoms. The van der Waals surface area contributed by atoms with Crippen LogP contribution in [0.15, 0.2) is 49.6 Å². The van der Waals surface area contributed by atoms with Gasteiger partial charge in [0.15, 0.2) is 0 Å². The first kappa shape index (κ1) is 31.8. The van der Waals surface area contributed by atoms with Crippen molar-refractivity contribution in [1.29, 1.82) is 0 Å². The molecule has 3 amide bonds. The molecule has 3 fully saturated rings. The molecule has 1 N–H and O–H groups in total. The fourth-order valence-electron chi connectivity index (χ4n) is 7.85. The van der Waals surface area contributed by atoms with Gasteiger partial charge in [-0.3, -0.25) is 14.4 Å². The summed E-state index contributed by atoms with van der Waals surface area (Å²) in [5, 5.41) is 17.9. The number of nitrogens with zero attached hydrogens (tertiary/aromatic N) is 6. The Morgan fingerprint density at radius 2 is 1.86 bits per heavy atom. The number of hydrogen-bond donors (Lipinski definition) is 1. The van der Waals surface area contributed by atoms with E-state index in [0.717, 1.165) is 17.5 Å². The molecule has 0 saturated carbocycles. The van der Waals surface area contributed by atoms with E-state index in [9.17, 15) is 19.5 Å². The molecule has 0 radical (unpaired) electrons. The predicted molar refractivity (Wildman–Crippen MR) is 166 cm³/mol. The van der Waals surface area contributed by atoms with Crippen LogP contribution in [-0.2, 0) is 25.8 Å². The Balaban J connectivity index is 1.55. The summed E-state index contributed by atoms with van der Waals surface area (Å²) in [4.78, 5) is 48.6. The summed E-state index contributed by atoms with van der Waals surface area (Å²) in [5.41, 5.74) is -0.528. The van der Waals surface area contributed by atoms with Crippen LogP contribution in [0.3, 0.4) is 0 Å². The Hall–Kier alpha value is -3.57. The van der Waals surface area contributed by atoms with Crippen LogP contribution in [0.25, 0.3) is 11.0 Å². The molecule has 2 bridgehead atoms. The van der Waals surface area contributed by atoms with E-state index >= 15 is 0 Å². The molecule has 238 valence electrons. The smallest absolute Gasteiger partial charge is 0.250 e. The first-order chi connectivity index (χ1) is 21.2. The number of rotatable bonds is 15. The highest BCUT2D eigenvalue weighted by atomic mass is 16.5. The van der Waals surface area contributed by atoms with Crippen molar-refractivity contribution in [3.8, 4) is 0 Å². The number of aliphatic hydroxyl groups is 1. The molecule has 3 unspecified atom stereocenters. The van der Waals surface area contributed by atoms with Gasteiger partial charge in [-0.15, -0.1) is 18.3 Å². The summed E-state index contributed by atoms with van der Waals surface area (Å²) in [6.07, 6.45) is 6.58. The molecule has 1 aromatic heterocycles. The molecule has 3 aliphatic rings. The highest BCUT2D eigenvalue weighted by molar-refractivity contribution is 5.99. The van der Waals surface area contributed by atoms with Crippen molar-refractivity contribution >= 4 is 28.8 Å². The maximum atomic E-state index is 14.8. The second-order valence-electron chi connectivity index (χ2n) is 12.7. The molecular formula is C33H46N6O5. The van der Waals surface area contributed by atoms with Gasteiger partial charge in [0.05, 0.1) is 23.0 Å². The SMILES string of the molecule is C=CCN(Cn1nnc2ccccc21)C(=O)C1N(CCCCCO)C(=O)[C@@H]2[C@H](C(=O)N(CC=C)CCC)[C@@]3(C)OC12CC3C. The van der Waals surface area contributed by atoms with Crippen molar-refractivity contribution in [3.63, 3.8) is 0 Å². The van der Waals surface area contributed by atoms with E-state index in [4.69, 9.17) is 4.74 Å². The number of carbonyl (C=O) groups is 3. The van der Waals surface area contributed by atoms with Crippen LogP contribution in [0, 0.1) is 17.8 Å². The quantitative estimate of drug-likeness (QED) is 0.244. The first-order valence-electron chi connectivity index (χ1n) is 15.9. The number of para-hydroxylation sites is 1. The fourth-order valence-corrected chi connectivity index (χ4v) is 7.85. The number of ether oxygens (including phenoxy) is 1. The number of aliphatic hydroxyl groups excluding tert-OH is 1. The molecule has 1 aromatic carbocycles. The lowest BCUT2D eigenvalue weighted by atomic mass is 9.62. The number of unbranched alkanes of at least 4 members (excludes halogenated alkanes) is 2. The third kappa shape index (κ3) is 5.13. The lowest BCUT2D eigenvalue weighted by Gasteiger charge is -2.39. The van der Waals surface area contributed by atoms with Gasteiger partial charge in [0.1, 0.15) is 23.8 Å². The van der Waals surface area contributed by atoms with E-state index in [1.54, 1.807) is 31.5 Å². The van der Waals surface area contributed by atoms with E-state index in [1.165, 1.54) is 0 Å². The lowest BCUT2D eigenvalue weighted by Crippen LogP contribution is -2.57. The van der Waals surface area contributed by atoms with Crippen molar-refractivity contribution < 1.29 is 24.2 Å². The molecule has 4 heterocycles. The minimum Gasteiger partial charge on any atom is -0.396 e. The standard InChI is InChI=1S/C33H46N6O5/c1-6-16-36(17-7-2)29(41)26-27-30(42)38(19-12-9-13-20-40)28(33(27)21-23(4)32(26,5)44-33)31(43)37(18-8-3)22-39-25-15-11-10-14-24(25)34-35-39/h6,8,10-11,14-15,23,26-28,40H,1,3,7,9,12-13,16-22H2,2,4-5H3/t23?,26-,27+,28?,32+,33?/m1/s1. The maximum Gasteiger partial charge on any atom is 0.250 e. The van der Waals surface area contributed by atoms with Crippen molar-refractivity contribution in [2.75, 3.05) is 32.8 Å².